The molecule has 3 N–H and O–H groups in total. The molecule has 1 aromatic rings. The second-order valence-electron chi connectivity index (χ2n) is 6.57. The predicted octanol–water partition coefficient (Wildman–Crippen LogP) is 3.03. The average Bonchev–Trinajstić information content (AvgIpc) is 2.60. The Morgan fingerprint density at radius 3 is 2.68 bits per heavy atom. The number of anilines is 1. The highest BCUT2D eigenvalue weighted by Gasteiger charge is 2.13. The van der Waals surface area contributed by atoms with Gasteiger partial charge < -0.3 is 25.3 Å². The Morgan fingerprint density at radius 1 is 1.28 bits per heavy atom. The van der Waals surface area contributed by atoms with Crippen LogP contribution in [0.15, 0.2) is 29.3 Å². The van der Waals surface area contributed by atoms with Crippen molar-refractivity contribution in [2.24, 2.45) is 16.6 Å². The summed E-state index contributed by atoms with van der Waals surface area (Å²) in [6.07, 6.45) is 3.25. The Hall–Kier alpha value is -1.79. The van der Waals surface area contributed by atoms with Crippen LogP contribution in [0.2, 0.25) is 0 Å². The minimum absolute atomic E-state index is 0.166. The van der Waals surface area contributed by atoms with Crippen LogP contribution in [0.5, 0.6) is 5.75 Å². The van der Waals surface area contributed by atoms with Crippen LogP contribution in [0.1, 0.15) is 33.1 Å². The van der Waals surface area contributed by atoms with E-state index in [4.69, 9.17) is 19.9 Å². The van der Waals surface area contributed by atoms with Crippen molar-refractivity contribution < 1.29 is 14.2 Å². The molecule has 25 heavy (non-hydrogen) atoms. The number of hydrogen-bond donors (Lipinski definition) is 2. The summed E-state index contributed by atoms with van der Waals surface area (Å²) < 4.78 is 16.7. The van der Waals surface area contributed by atoms with E-state index in [9.17, 15) is 0 Å². The molecular formula is C19H31N3O3. The standard InChI is InChI=1S/C19H31N3O3/c1-15(2)25-18-6-4-17(5-7-18)22-19(20)21-10-3-11-24-14-16-8-12-23-13-9-16/h4-7,15-16H,3,8-14H2,1-2H3,(H3,20,21,22). The van der Waals surface area contributed by atoms with Gasteiger partial charge in [0.2, 0.25) is 0 Å². The molecule has 2 rings (SSSR count). The molecule has 0 unspecified atom stereocenters. The highest BCUT2D eigenvalue weighted by Crippen LogP contribution is 2.17. The number of hydrogen-bond acceptors (Lipinski definition) is 4. The molecule has 1 heterocycles. The Labute approximate surface area is 150 Å². The molecule has 1 aliphatic heterocycles. The van der Waals surface area contributed by atoms with Crippen molar-refractivity contribution in [1.29, 1.82) is 0 Å². The van der Waals surface area contributed by atoms with Crippen molar-refractivity contribution in [3.63, 3.8) is 0 Å². The van der Waals surface area contributed by atoms with Crippen LogP contribution in [-0.2, 0) is 9.47 Å². The summed E-state index contributed by atoms with van der Waals surface area (Å²) in [5, 5.41) is 3.08. The third-order valence-corrected chi connectivity index (χ3v) is 3.92. The summed E-state index contributed by atoms with van der Waals surface area (Å²) in [6.45, 7) is 7.94. The quantitative estimate of drug-likeness (QED) is 0.407. The van der Waals surface area contributed by atoms with Crippen molar-refractivity contribution in [2.45, 2.75) is 39.2 Å². The van der Waals surface area contributed by atoms with Crippen molar-refractivity contribution in [3.05, 3.63) is 24.3 Å². The van der Waals surface area contributed by atoms with Gasteiger partial charge in [-0.3, -0.25) is 4.99 Å². The first-order valence-corrected chi connectivity index (χ1v) is 9.12. The normalized spacial score (nSPS) is 16.2. The van der Waals surface area contributed by atoms with Crippen molar-refractivity contribution in [3.8, 4) is 5.75 Å². The van der Waals surface area contributed by atoms with Crippen LogP contribution >= 0.6 is 0 Å². The van der Waals surface area contributed by atoms with Crippen LogP contribution in [0.4, 0.5) is 5.69 Å². The number of ether oxygens (including phenoxy) is 3. The Kier molecular flexibility index (Phi) is 8.55. The summed E-state index contributed by atoms with van der Waals surface area (Å²) in [4.78, 5) is 4.33. The third kappa shape index (κ3) is 8.23. The topological polar surface area (TPSA) is 78.1 Å². The molecule has 0 amide bonds. The molecule has 1 aromatic carbocycles. The summed E-state index contributed by atoms with van der Waals surface area (Å²) in [6, 6.07) is 7.69. The van der Waals surface area contributed by atoms with Crippen LogP contribution in [0.25, 0.3) is 0 Å². The summed E-state index contributed by atoms with van der Waals surface area (Å²) in [5.41, 5.74) is 6.81. The molecular weight excluding hydrogens is 318 g/mol. The summed E-state index contributed by atoms with van der Waals surface area (Å²) in [7, 11) is 0. The fourth-order valence-electron chi connectivity index (χ4n) is 2.61. The number of nitrogens with one attached hydrogen (secondary N) is 1. The molecule has 0 aliphatic carbocycles. The van der Waals surface area contributed by atoms with E-state index in [1.807, 2.05) is 38.1 Å². The zero-order valence-corrected chi connectivity index (χ0v) is 15.4. The first kappa shape index (κ1) is 19.5. The molecule has 1 aliphatic rings. The molecule has 140 valence electrons. The number of nitrogens with zero attached hydrogens (tertiary/aromatic N) is 1. The van der Waals surface area contributed by atoms with E-state index in [0.717, 1.165) is 57.1 Å². The van der Waals surface area contributed by atoms with Gasteiger partial charge in [-0.05, 0) is 63.3 Å². The van der Waals surface area contributed by atoms with E-state index in [2.05, 4.69) is 10.3 Å². The van der Waals surface area contributed by atoms with Crippen LogP contribution < -0.4 is 15.8 Å². The Bertz CT molecular complexity index is 511. The molecule has 0 bridgehead atoms. The fraction of sp³-hybridized carbons (Fsp3) is 0.632. The number of benzene rings is 1. The smallest absolute Gasteiger partial charge is 0.193 e. The fourth-order valence-corrected chi connectivity index (χ4v) is 2.61. The second-order valence-corrected chi connectivity index (χ2v) is 6.57. The first-order valence-electron chi connectivity index (χ1n) is 9.12. The molecule has 0 saturated carbocycles. The van der Waals surface area contributed by atoms with E-state index >= 15 is 0 Å². The van der Waals surface area contributed by atoms with E-state index in [1.165, 1.54) is 0 Å². The van der Waals surface area contributed by atoms with Crippen molar-refractivity contribution in [1.82, 2.24) is 0 Å². The maximum Gasteiger partial charge on any atom is 0.193 e. The average molecular weight is 349 g/mol. The molecule has 1 fully saturated rings. The maximum atomic E-state index is 5.91. The second kappa shape index (κ2) is 10.9. The number of nitrogens with two attached hydrogens (primary N) is 1. The molecule has 6 heteroatoms. The van der Waals surface area contributed by atoms with Gasteiger partial charge in [0.15, 0.2) is 5.96 Å². The van der Waals surface area contributed by atoms with E-state index in [1.54, 1.807) is 0 Å². The van der Waals surface area contributed by atoms with Gasteiger partial charge >= 0.3 is 0 Å². The van der Waals surface area contributed by atoms with Gasteiger partial charge in [-0.25, -0.2) is 0 Å². The number of aliphatic imine (C=N–C) groups is 1. The first-order chi connectivity index (χ1) is 12.1. The van der Waals surface area contributed by atoms with Gasteiger partial charge in [0.1, 0.15) is 5.75 Å². The van der Waals surface area contributed by atoms with Crippen LogP contribution in [0, 0.1) is 5.92 Å². The third-order valence-electron chi connectivity index (χ3n) is 3.92. The highest BCUT2D eigenvalue weighted by molar-refractivity contribution is 5.92. The molecule has 0 atom stereocenters. The van der Waals surface area contributed by atoms with E-state index < -0.39 is 0 Å². The molecule has 0 spiro atoms. The monoisotopic (exact) mass is 349 g/mol. The minimum Gasteiger partial charge on any atom is -0.491 e. The SMILES string of the molecule is CC(C)Oc1ccc(NC(N)=NCCCOCC2CCOCC2)cc1. The lowest BCUT2D eigenvalue weighted by Crippen LogP contribution is -2.23. The highest BCUT2D eigenvalue weighted by atomic mass is 16.5. The van der Waals surface area contributed by atoms with Gasteiger partial charge in [0.25, 0.3) is 0 Å². The number of rotatable bonds is 9. The maximum absolute atomic E-state index is 5.91. The molecule has 0 radical (unpaired) electrons. The van der Waals surface area contributed by atoms with Gasteiger partial charge in [-0.1, -0.05) is 0 Å². The Morgan fingerprint density at radius 2 is 2.00 bits per heavy atom. The van der Waals surface area contributed by atoms with Crippen LogP contribution in [-0.4, -0.2) is 45.0 Å². The van der Waals surface area contributed by atoms with Crippen molar-refractivity contribution in [2.75, 3.05) is 38.3 Å². The zero-order valence-electron chi connectivity index (χ0n) is 15.4. The largest absolute Gasteiger partial charge is 0.491 e. The van der Waals surface area contributed by atoms with E-state index in [-0.39, 0.29) is 6.10 Å². The predicted molar refractivity (Wildman–Crippen MR) is 101 cm³/mol. The minimum atomic E-state index is 0.166. The summed E-state index contributed by atoms with van der Waals surface area (Å²) >= 11 is 0. The van der Waals surface area contributed by atoms with Gasteiger partial charge in [0, 0.05) is 38.7 Å². The van der Waals surface area contributed by atoms with Crippen molar-refractivity contribution >= 4 is 11.6 Å². The van der Waals surface area contributed by atoms with Crippen LogP contribution in [0.3, 0.4) is 0 Å². The molecule has 0 aromatic heterocycles. The Balaban J connectivity index is 1.59. The lowest BCUT2D eigenvalue weighted by Gasteiger charge is -2.21. The van der Waals surface area contributed by atoms with E-state index in [0.29, 0.717) is 18.4 Å². The zero-order chi connectivity index (χ0) is 17.9. The lowest BCUT2D eigenvalue weighted by atomic mass is 10.0. The summed E-state index contributed by atoms with van der Waals surface area (Å²) in [5.74, 6) is 1.91. The van der Waals surface area contributed by atoms with Gasteiger partial charge in [-0.2, -0.15) is 0 Å². The lowest BCUT2D eigenvalue weighted by molar-refractivity contribution is 0.0205. The molecule has 1 saturated heterocycles. The molecule has 6 nitrogen and oxygen atoms in total. The van der Waals surface area contributed by atoms with Gasteiger partial charge in [0.05, 0.1) is 6.10 Å². The van der Waals surface area contributed by atoms with Gasteiger partial charge in [-0.15, -0.1) is 0 Å². The number of guanidine groups is 1.